The molecule has 8 heteroatoms. The summed E-state index contributed by atoms with van der Waals surface area (Å²) in [6.45, 7) is 0.356. The van der Waals surface area contributed by atoms with Gasteiger partial charge in [0.1, 0.15) is 0 Å². The van der Waals surface area contributed by atoms with Gasteiger partial charge in [-0.25, -0.2) is 0 Å². The van der Waals surface area contributed by atoms with E-state index in [-0.39, 0.29) is 11.8 Å². The Kier molecular flexibility index (Phi) is 4.96. The first-order chi connectivity index (χ1) is 13.1. The van der Waals surface area contributed by atoms with Crippen LogP contribution in [0.15, 0.2) is 58.2 Å². The van der Waals surface area contributed by atoms with E-state index >= 15 is 0 Å². The van der Waals surface area contributed by atoms with Crippen molar-refractivity contribution in [2.45, 2.75) is 11.6 Å². The van der Waals surface area contributed by atoms with Crippen LogP contribution >= 0.6 is 23.4 Å². The lowest BCUT2D eigenvalue weighted by Gasteiger charge is -2.12. The minimum Gasteiger partial charge on any atom is -0.411 e. The molecule has 0 fully saturated rings. The lowest BCUT2D eigenvalue weighted by Crippen LogP contribution is -2.30. The maximum absolute atomic E-state index is 12.3. The molecule has 0 spiro atoms. The van der Waals surface area contributed by atoms with Gasteiger partial charge < -0.3 is 4.42 Å². The molecule has 1 aliphatic rings. The summed E-state index contributed by atoms with van der Waals surface area (Å²) in [5.41, 5.74) is 1.70. The van der Waals surface area contributed by atoms with Crippen LogP contribution in [0.5, 0.6) is 0 Å². The number of halogens is 1. The number of fused-ring (bicyclic) bond motifs is 1. The van der Waals surface area contributed by atoms with Crippen molar-refractivity contribution < 1.29 is 14.0 Å². The minimum absolute atomic E-state index is 0.235. The van der Waals surface area contributed by atoms with Crippen LogP contribution < -0.4 is 0 Å². The molecule has 2 heterocycles. The fourth-order valence-corrected chi connectivity index (χ4v) is 3.71. The zero-order chi connectivity index (χ0) is 18.8. The third kappa shape index (κ3) is 3.61. The van der Waals surface area contributed by atoms with E-state index in [1.165, 1.54) is 16.7 Å². The second-order valence-electron chi connectivity index (χ2n) is 5.89. The van der Waals surface area contributed by atoms with E-state index in [1.54, 1.807) is 36.4 Å². The van der Waals surface area contributed by atoms with Crippen molar-refractivity contribution in [3.8, 4) is 11.5 Å². The third-order valence-electron chi connectivity index (χ3n) is 4.11. The largest absolute Gasteiger partial charge is 0.411 e. The Balaban J connectivity index is 1.31. The Morgan fingerprint density at radius 2 is 1.74 bits per heavy atom. The average Bonchev–Trinajstić information content (AvgIpc) is 3.24. The van der Waals surface area contributed by atoms with Crippen molar-refractivity contribution >= 4 is 35.2 Å². The van der Waals surface area contributed by atoms with Gasteiger partial charge in [0.2, 0.25) is 5.89 Å². The van der Waals surface area contributed by atoms with Crippen LogP contribution in [-0.4, -0.2) is 39.2 Å². The first kappa shape index (κ1) is 17.8. The summed E-state index contributed by atoms with van der Waals surface area (Å²) < 4.78 is 5.62. The number of aromatic nitrogens is 2. The molecule has 0 bridgehead atoms. The number of carbonyl (C=O) groups is 2. The fourth-order valence-electron chi connectivity index (χ4n) is 2.83. The summed E-state index contributed by atoms with van der Waals surface area (Å²) in [5.74, 6) is 0.577. The van der Waals surface area contributed by atoms with E-state index in [0.717, 1.165) is 5.56 Å². The number of carbonyl (C=O) groups excluding carboxylic acids is 2. The van der Waals surface area contributed by atoms with Crippen LogP contribution in [0.3, 0.4) is 0 Å². The standard InChI is InChI=1S/C19H14ClN3O3S/c20-13-6-3-5-12(11-13)16-21-22-19(26-16)27-10-4-9-23-17(24)14-7-1-2-8-15(14)18(23)25/h1-3,5-8,11H,4,9-10H2. The van der Waals surface area contributed by atoms with Gasteiger partial charge in [0.05, 0.1) is 11.1 Å². The van der Waals surface area contributed by atoms with Gasteiger partial charge in [-0.05, 0) is 36.8 Å². The Bertz CT molecular complexity index is 986. The monoisotopic (exact) mass is 399 g/mol. The van der Waals surface area contributed by atoms with Crippen molar-refractivity contribution in [1.29, 1.82) is 0 Å². The molecule has 3 aromatic rings. The van der Waals surface area contributed by atoms with Crippen molar-refractivity contribution in [1.82, 2.24) is 15.1 Å². The van der Waals surface area contributed by atoms with Crippen LogP contribution in [-0.2, 0) is 0 Å². The molecular formula is C19H14ClN3O3S. The predicted octanol–water partition coefficient (Wildman–Crippen LogP) is 4.17. The number of thioether (sulfide) groups is 1. The van der Waals surface area contributed by atoms with Gasteiger partial charge in [0.15, 0.2) is 0 Å². The molecule has 2 aromatic carbocycles. The van der Waals surface area contributed by atoms with Gasteiger partial charge in [-0.15, -0.1) is 10.2 Å². The summed E-state index contributed by atoms with van der Waals surface area (Å²) in [6.07, 6.45) is 0.630. The van der Waals surface area contributed by atoms with E-state index in [1.807, 2.05) is 12.1 Å². The van der Waals surface area contributed by atoms with Gasteiger partial charge >= 0.3 is 0 Å². The molecule has 1 aliphatic heterocycles. The Morgan fingerprint density at radius 3 is 2.44 bits per heavy atom. The van der Waals surface area contributed by atoms with Crippen molar-refractivity contribution in [3.05, 3.63) is 64.7 Å². The summed E-state index contributed by atoms with van der Waals surface area (Å²) in [5, 5.41) is 9.07. The molecule has 136 valence electrons. The molecule has 0 atom stereocenters. The van der Waals surface area contributed by atoms with Crippen molar-refractivity contribution in [3.63, 3.8) is 0 Å². The van der Waals surface area contributed by atoms with E-state index in [9.17, 15) is 9.59 Å². The summed E-state index contributed by atoms with van der Waals surface area (Å²) in [7, 11) is 0. The van der Waals surface area contributed by atoms with E-state index in [4.69, 9.17) is 16.0 Å². The van der Waals surface area contributed by atoms with Gasteiger partial charge in [-0.3, -0.25) is 14.5 Å². The van der Waals surface area contributed by atoms with Crippen LogP contribution in [0.25, 0.3) is 11.5 Å². The number of amides is 2. The number of hydrogen-bond acceptors (Lipinski definition) is 6. The smallest absolute Gasteiger partial charge is 0.276 e. The Morgan fingerprint density at radius 1 is 1.00 bits per heavy atom. The molecule has 0 aliphatic carbocycles. The zero-order valence-electron chi connectivity index (χ0n) is 14.1. The van der Waals surface area contributed by atoms with E-state index < -0.39 is 0 Å². The SMILES string of the molecule is O=C1c2ccccc2C(=O)N1CCCSc1nnc(-c2cccc(Cl)c2)o1. The highest BCUT2D eigenvalue weighted by Crippen LogP contribution is 2.26. The Labute approximate surface area is 164 Å². The molecule has 1 aromatic heterocycles. The van der Waals surface area contributed by atoms with Gasteiger partial charge in [0, 0.05) is 22.9 Å². The quantitative estimate of drug-likeness (QED) is 0.352. The van der Waals surface area contributed by atoms with Crippen LogP contribution in [0, 0.1) is 0 Å². The highest BCUT2D eigenvalue weighted by Gasteiger charge is 2.34. The van der Waals surface area contributed by atoms with Gasteiger partial charge in [0.25, 0.3) is 17.0 Å². The van der Waals surface area contributed by atoms with Gasteiger partial charge in [-0.1, -0.05) is 41.6 Å². The lowest BCUT2D eigenvalue weighted by atomic mass is 10.1. The molecule has 4 rings (SSSR count). The maximum Gasteiger partial charge on any atom is 0.276 e. The van der Waals surface area contributed by atoms with Crippen LogP contribution in [0.4, 0.5) is 0 Å². The number of nitrogens with zero attached hydrogens (tertiary/aromatic N) is 3. The lowest BCUT2D eigenvalue weighted by molar-refractivity contribution is 0.0655. The second-order valence-corrected chi connectivity index (χ2v) is 7.38. The number of benzene rings is 2. The summed E-state index contributed by atoms with van der Waals surface area (Å²) >= 11 is 7.36. The van der Waals surface area contributed by atoms with Gasteiger partial charge in [-0.2, -0.15) is 0 Å². The number of rotatable bonds is 6. The first-order valence-corrected chi connectivity index (χ1v) is 9.67. The normalized spacial score (nSPS) is 13.3. The van der Waals surface area contributed by atoms with Crippen LogP contribution in [0.1, 0.15) is 27.1 Å². The minimum atomic E-state index is -0.235. The third-order valence-corrected chi connectivity index (χ3v) is 5.25. The van der Waals surface area contributed by atoms with Crippen LogP contribution in [0.2, 0.25) is 5.02 Å². The molecule has 0 unspecified atom stereocenters. The fraction of sp³-hybridized carbons (Fsp3) is 0.158. The number of imide groups is 1. The highest BCUT2D eigenvalue weighted by molar-refractivity contribution is 7.99. The van der Waals surface area contributed by atoms with Crippen molar-refractivity contribution in [2.24, 2.45) is 0 Å². The second kappa shape index (κ2) is 7.54. The molecule has 6 nitrogen and oxygen atoms in total. The molecule has 2 amide bonds. The summed E-state index contributed by atoms with van der Waals surface area (Å²) in [6, 6.07) is 14.1. The average molecular weight is 400 g/mol. The zero-order valence-corrected chi connectivity index (χ0v) is 15.7. The van der Waals surface area contributed by atoms with E-state index in [2.05, 4.69) is 10.2 Å². The highest BCUT2D eigenvalue weighted by atomic mass is 35.5. The molecular weight excluding hydrogens is 386 g/mol. The molecule has 0 saturated carbocycles. The molecule has 0 N–H and O–H groups in total. The molecule has 27 heavy (non-hydrogen) atoms. The predicted molar refractivity (Wildman–Crippen MR) is 102 cm³/mol. The van der Waals surface area contributed by atoms with Crippen molar-refractivity contribution in [2.75, 3.05) is 12.3 Å². The first-order valence-electron chi connectivity index (χ1n) is 8.31. The molecule has 0 saturated heterocycles. The molecule has 0 radical (unpaired) electrons. The topological polar surface area (TPSA) is 76.3 Å². The Hall–Kier alpha value is -2.64. The number of hydrogen-bond donors (Lipinski definition) is 0. The maximum atomic E-state index is 12.3. The summed E-state index contributed by atoms with van der Waals surface area (Å²) in [4.78, 5) is 25.9. The van der Waals surface area contributed by atoms with E-state index in [0.29, 0.717) is 46.0 Å².